The van der Waals surface area contributed by atoms with Gasteiger partial charge in [0.15, 0.2) is 0 Å². The van der Waals surface area contributed by atoms with E-state index in [1.165, 1.54) is 5.69 Å². The van der Waals surface area contributed by atoms with E-state index in [0.717, 1.165) is 43.1 Å². The number of morpholine rings is 1. The molecule has 2 unspecified atom stereocenters. The number of hydrogen-bond acceptors (Lipinski definition) is 5. The molecule has 2 heterocycles. The van der Waals surface area contributed by atoms with Crippen LogP contribution in [-0.2, 0) is 16.1 Å². The van der Waals surface area contributed by atoms with Gasteiger partial charge in [-0.1, -0.05) is 37.3 Å². The number of ether oxygens (including phenoxy) is 2. The zero-order valence-corrected chi connectivity index (χ0v) is 17.1. The summed E-state index contributed by atoms with van der Waals surface area (Å²) in [6, 6.07) is 16.3. The van der Waals surface area contributed by atoms with E-state index in [4.69, 9.17) is 9.47 Å². The first-order chi connectivity index (χ1) is 14.1. The molecule has 4 rings (SSSR count). The van der Waals surface area contributed by atoms with E-state index in [2.05, 4.69) is 47.6 Å². The summed E-state index contributed by atoms with van der Waals surface area (Å²) in [6.45, 7) is 7.83. The predicted molar refractivity (Wildman–Crippen MR) is 114 cm³/mol. The lowest BCUT2D eigenvalue weighted by Gasteiger charge is -2.38. The van der Waals surface area contributed by atoms with Crippen molar-refractivity contribution >= 4 is 17.5 Å². The Morgan fingerprint density at radius 3 is 2.69 bits per heavy atom. The molecule has 0 bridgehead atoms. The van der Waals surface area contributed by atoms with Crippen molar-refractivity contribution in [3.05, 3.63) is 59.7 Å². The molecule has 29 heavy (non-hydrogen) atoms. The van der Waals surface area contributed by atoms with Crippen molar-refractivity contribution in [3.63, 3.8) is 0 Å². The van der Waals surface area contributed by atoms with Gasteiger partial charge < -0.3 is 25.0 Å². The zero-order chi connectivity index (χ0) is 20.2. The van der Waals surface area contributed by atoms with Gasteiger partial charge in [-0.3, -0.25) is 0 Å². The summed E-state index contributed by atoms with van der Waals surface area (Å²) in [5.41, 5.74) is 4.32. The van der Waals surface area contributed by atoms with E-state index in [-0.39, 0.29) is 30.7 Å². The number of carbonyl (C=O) groups excluding carboxylic acids is 1. The fourth-order valence-electron chi connectivity index (χ4n) is 4.01. The van der Waals surface area contributed by atoms with Crippen molar-refractivity contribution in [1.29, 1.82) is 0 Å². The average Bonchev–Trinajstić information content (AvgIpc) is 2.76. The number of rotatable bonds is 4. The Labute approximate surface area is 172 Å². The second-order valence-corrected chi connectivity index (χ2v) is 7.85. The van der Waals surface area contributed by atoms with E-state index < -0.39 is 0 Å². The van der Waals surface area contributed by atoms with Crippen LogP contribution >= 0.6 is 0 Å². The summed E-state index contributed by atoms with van der Waals surface area (Å²) in [6.07, 6.45) is -0.387. The molecule has 154 valence electrons. The molecular formula is C23H29N3O3. The first-order valence-electron chi connectivity index (χ1n) is 10.3. The highest BCUT2D eigenvalue weighted by atomic mass is 16.5. The Bertz CT molecular complexity index is 837. The van der Waals surface area contributed by atoms with Crippen molar-refractivity contribution in [2.75, 3.05) is 36.5 Å². The number of fused-ring (bicyclic) bond motifs is 1. The van der Waals surface area contributed by atoms with Crippen LogP contribution in [0.1, 0.15) is 31.0 Å². The van der Waals surface area contributed by atoms with Crippen LogP contribution in [0.5, 0.6) is 0 Å². The molecule has 3 atom stereocenters. The topological polar surface area (TPSA) is 62.8 Å². The summed E-state index contributed by atoms with van der Waals surface area (Å²) in [7, 11) is 0. The number of alkyl carbamates (subject to hydrolysis) is 1. The van der Waals surface area contributed by atoms with Crippen molar-refractivity contribution in [2.45, 2.75) is 32.5 Å². The van der Waals surface area contributed by atoms with Crippen molar-refractivity contribution in [2.24, 2.45) is 5.92 Å². The maximum Gasteiger partial charge on any atom is 0.407 e. The van der Waals surface area contributed by atoms with Gasteiger partial charge in [-0.2, -0.15) is 0 Å². The number of carbonyl (C=O) groups is 1. The monoisotopic (exact) mass is 395 g/mol. The van der Waals surface area contributed by atoms with E-state index in [0.29, 0.717) is 0 Å². The lowest BCUT2D eigenvalue weighted by Crippen LogP contribution is -2.43. The highest BCUT2D eigenvalue weighted by Gasteiger charge is 2.33. The molecule has 1 saturated heterocycles. The summed E-state index contributed by atoms with van der Waals surface area (Å²) in [5.74, 6) is 0.228. The second-order valence-electron chi connectivity index (χ2n) is 7.85. The molecule has 0 aliphatic carbocycles. The van der Waals surface area contributed by atoms with Crippen LogP contribution in [0, 0.1) is 5.92 Å². The minimum absolute atomic E-state index is 0.106. The van der Waals surface area contributed by atoms with Gasteiger partial charge in [0.1, 0.15) is 6.61 Å². The average molecular weight is 396 g/mol. The molecular weight excluding hydrogens is 366 g/mol. The van der Waals surface area contributed by atoms with Crippen molar-refractivity contribution in [3.8, 4) is 0 Å². The number of nitrogens with one attached hydrogen (secondary N) is 2. The van der Waals surface area contributed by atoms with Gasteiger partial charge in [-0.05, 0) is 30.7 Å². The summed E-state index contributed by atoms with van der Waals surface area (Å²) >= 11 is 0. The quantitative estimate of drug-likeness (QED) is 0.821. The van der Waals surface area contributed by atoms with Crippen LogP contribution < -0.4 is 15.5 Å². The third kappa shape index (κ3) is 4.48. The smallest absolute Gasteiger partial charge is 0.407 e. The molecule has 2 aromatic carbocycles. The van der Waals surface area contributed by atoms with Crippen LogP contribution in [0.4, 0.5) is 16.2 Å². The maximum atomic E-state index is 12.6. The number of amides is 1. The standard InChI is InChI=1S/C23H29N3O3/c1-16-17(2)24-21-9-8-19(26-10-12-28-13-11-26)14-20(21)22(16)25-23(27)29-15-18-6-4-3-5-7-18/h3-9,14,16-17,22,24H,10-13,15H2,1-2H3,(H,25,27)/t16?,17-,22?/m0/s1. The van der Waals surface area contributed by atoms with Crippen LogP contribution in [-0.4, -0.2) is 38.4 Å². The lowest BCUT2D eigenvalue weighted by molar-refractivity contribution is 0.122. The number of hydrogen-bond donors (Lipinski definition) is 2. The van der Waals surface area contributed by atoms with Gasteiger partial charge in [-0.15, -0.1) is 0 Å². The van der Waals surface area contributed by atoms with Gasteiger partial charge in [-0.25, -0.2) is 4.79 Å². The Balaban J connectivity index is 1.50. The predicted octanol–water partition coefficient (Wildman–Crippen LogP) is 3.94. The van der Waals surface area contributed by atoms with Crippen molar-refractivity contribution < 1.29 is 14.3 Å². The van der Waals surface area contributed by atoms with E-state index in [1.54, 1.807) is 0 Å². The third-order valence-corrected chi connectivity index (χ3v) is 5.93. The van der Waals surface area contributed by atoms with Gasteiger partial charge >= 0.3 is 6.09 Å². The van der Waals surface area contributed by atoms with Gasteiger partial charge in [0, 0.05) is 42.0 Å². The van der Waals surface area contributed by atoms with Gasteiger partial charge in [0.2, 0.25) is 0 Å². The van der Waals surface area contributed by atoms with Crippen LogP contribution in [0.15, 0.2) is 48.5 Å². The molecule has 6 heteroatoms. The van der Waals surface area contributed by atoms with Gasteiger partial charge in [0.25, 0.3) is 0 Å². The third-order valence-electron chi connectivity index (χ3n) is 5.93. The Kier molecular flexibility index (Phi) is 5.90. The Morgan fingerprint density at radius 1 is 1.17 bits per heavy atom. The van der Waals surface area contributed by atoms with E-state index >= 15 is 0 Å². The molecule has 2 N–H and O–H groups in total. The zero-order valence-electron chi connectivity index (χ0n) is 17.1. The number of nitrogens with zero attached hydrogens (tertiary/aromatic N) is 1. The first kappa shape index (κ1) is 19.6. The van der Waals surface area contributed by atoms with E-state index in [1.807, 2.05) is 30.3 Å². The summed E-state index contributed by atoms with van der Waals surface area (Å²) in [5, 5.41) is 6.68. The normalized spacial score (nSPS) is 23.7. The molecule has 0 saturated carbocycles. The van der Waals surface area contributed by atoms with Crippen LogP contribution in [0.3, 0.4) is 0 Å². The summed E-state index contributed by atoms with van der Waals surface area (Å²) in [4.78, 5) is 14.9. The fourth-order valence-corrected chi connectivity index (χ4v) is 4.01. The molecule has 1 fully saturated rings. The van der Waals surface area contributed by atoms with Crippen LogP contribution in [0.25, 0.3) is 0 Å². The highest BCUT2D eigenvalue weighted by molar-refractivity contribution is 5.71. The Hall–Kier alpha value is -2.73. The highest BCUT2D eigenvalue weighted by Crippen LogP contribution is 2.38. The minimum atomic E-state index is -0.387. The lowest BCUT2D eigenvalue weighted by atomic mass is 9.84. The van der Waals surface area contributed by atoms with Gasteiger partial charge in [0.05, 0.1) is 19.3 Å². The molecule has 0 aromatic heterocycles. The van der Waals surface area contributed by atoms with E-state index in [9.17, 15) is 4.79 Å². The number of benzene rings is 2. The largest absolute Gasteiger partial charge is 0.445 e. The SMILES string of the molecule is CC1C(NC(=O)OCc2ccccc2)c2cc(N3CCOCC3)ccc2N[C@H]1C. The molecule has 0 radical (unpaired) electrons. The van der Waals surface area contributed by atoms with Crippen molar-refractivity contribution in [1.82, 2.24) is 5.32 Å². The van der Waals surface area contributed by atoms with Crippen LogP contribution in [0.2, 0.25) is 0 Å². The fraction of sp³-hybridized carbons (Fsp3) is 0.435. The molecule has 2 aromatic rings. The molecule has 6 nitrogen and oxygen atoms in total. The molecule has 0 spiro atoms. The number of anilines is 2. The first-order valence-corrected chi connectivity index (χ1v) is 10.3. The maximum absolute atomic E-state index is 12.6. The second kappa shape index (κ2) is 8.74. The Morgan fingerprint density at radius 2 is 1.93 bits per heavy atom. The molecule has 2 aliphatic heterocycles. The molecule has 2 aliphatic rings. The summed E-state index contributed by atoms with van der Waals surface area (Å²) < 4.78 is 11.0. The minimum Gasteiger partial charge on any atom is -0.445 e. The molecule has 1 amide bonds.